The topological polar surface area (TPSA) is 106 Å². The fourth-order valence-corrected chi connectivity index (χ4v) is 3.89. The van der Waals surface area contributed by atoms with Crippen LogP contribution in [0.1, 0.15) is 23.0 Å². The van der Waals surface area contributed by atoms with E-state index >= 15 is 0 Å². The van der Waals surface area contributed by atoms with Crippen molar-refractivity contribution in [2.75, 3.05) is 5.75 Å². The highest BCUT2D eigenvalue weighted by molar-refractivity contribution is 7.99. The summed E-state index contributed by atoms with van der Waals surface area (Å²) in [6, 6.07) is 17.8. The average molecular weight is 449 g/mol. The molecule has 162 valence electrons. The van der Waals surface area contributed by atoms with Crippen LogP contribution < -0.4 is 16.4 Å². The highest BCUT2D eigenvalue weighted by Gasteiger charge is 2.15. The molecule has 0 spiro atoms. The summed E-state index contributed by atoms with van der Waals surface area (Å²) in [5.74, 6) is -0.996. The van der Waals surface area contributed by atoms with Gasteiger partial charge in [-0.1, -0.05) is 43.0 Å². The molecule has 0 unspecified atom stereocenters. The Morgan fingerprint density at radius 1 is 1.03 bits per heavy atom. The van der Waals surface area contributed by atoms with Gasteiger partial charge in [-0.25, -0.2) is 4.98 Å². The van der Waals surface area contributed by atoms with Crippen LogP contribution in [0.4, 0.5) is 0 Å². The van der Waals surface area contributed by atoms with Crippen LogP contribution in [0.2, 0.25) is 0 Å². The van der Waals surface area contributed by atoms with Crippen LogP contribution in [0.25, 0.3) is 16.6 Å². The maximum absolute atomic E-state index is 13.2. The van der Waals surface area contributed by atoms with Crippen LogP contribution in [0.15, 0.2) is 81.3 Å². The summed E-state index contributed by atoms with van der Waals surface area (Å²) in [6.45, 7) is 2.06. The minimum atomic E-state index is -0.565. The first-order valence-corrected chi connectivity index (χ1v) is 10.9. The van der Waals surface area contributed by atoms with Gasteiger partial charge in [0.05, 0.1) is 28.6 Å². The van der Waals surface area contributed by atoms with Gasteiger partial charge in [-0.05, 0) is 48.4 Å². The third kappa shape index (κ3) is 4.57. The quantitative estimate of drug-likeness (QED) is 0.267. The van der Waals surface area contributed by atoms with E-state index in [2.05, 4.69) is 22.8 Å². The number of amides is 2. The summed E-state index contributed by atoms with van der Waals surface area (Å²) in [5.41, 5.74) is 6.77. The first kappa shape index (κ1) is 21.4. The lowest BCUT2D eigenvalue weighted by Crippen LogP contribution is -2.42. The van der Waals surface area contributed by atoms with E-state index in [0.717, 1.165) is 23.7 Å². The van der Waals surface area contributed by atoms with Crippen molar-refractivity contribution >= 4 is 34.5 Å². The number of carbonyl (C=O) groups excluding carboxylic acids is 2. The number of benzene rings is 2. The maximum atomic E-state index is 13.2. The normalized spacial score (nSPS) is 10.8. The summed E-state index contributed by atoms with van der Waals surface area (Å²) in [6.07, 6.45) is 2.25. The third-order valence-electron chi connectivity index (χ3n) is 4.74. The third-order valence-corrected chi connectivity index (χ3v) is 5.68. The number of fused-ring (bicyclic) bond motifs is 1. The number of hydrazine groups is 1. The molecule has 2 N–H and O–H groups in total. The molecular weight excluding hydrogens is 428 g/mol. The van der Waals surface area contributed by atoms with Gasteiger partial charge in [0, 0.05) is 0 Å². The molecule has 4 aromatic rings. The second kappa shape index (κ2) is 9.52. The van der Waals surface area contributed by atoms with Gasteiger partial charge in [-0.15, -0.1) is 0 Å². The maximum Gasteiger partial charge on any atom is 0.305 e. The Kier molecular flexibility index (Phi) is 6.37. The summed E-state index contributed by atoms with van der Waals surface area (Å²) < 4.78 is 6.48. The van der Waals surface area contributed by atoms with Crippen molar-refractivity contribution in [3.8, 4) is 5.69 Å². The monoisotopic (exact) mass is 448 g/mol. The Bertz CT molecular complexity index is 1310. The van der Waals surface area contributed by atoms with E-state index in [9.17, 15) is 14.4 Å². The molecule has 0 saturated carbocycles. The lowest BCUT2D eigenvalue weighted by Gasteiger charge is -2.13. The predicted molar refractivity (Wildman–Crippen MR) is 122 cm³/mol. The molecule has 0 aliphatic heterocycles. The Morgan fingerprint density at radius 2 is 1.81 bits per heavy atom. The van der Waals surface area contributed by atoms with E-state index in [0.29, 0.717) is 21.7 Å². The fourth-order valence-electron chi connectivity index (χ4n) is 3.08. The number of nitrogens with zero attached hydrogens (tertiary/aromatic N) is 2. The molecule has 0 atom stereocenters. The number of para-hydroxylation sites is 1. The summed E-state index contributed by atoms with van der Waals surface area (Å²) in [5, 5.41) is 0.872. The number of rotatable bonds is 6. The van der Waals surface area contributed by atoms with Gasteiger partial charge in [0.1, 0.15) is 0 Å². The molecule has 2 aromatic heterocycles. The number of nitrogens with one attached hydrogen (secondary N) is 2. The SMILES string of the molecule is CCc1ccc(-n2c(SCC(=O)NNC(=O)c3ccco3)nc3ccccc3c2=O)cc1. The zero-order valence-corrected chi connectivity index (χ0v) is 18.0. The fraction of sp³-hybridized carbons (Fsp3) is 0.130. The number of carbonyl (C=O) groups is 2. The molecule has 2 amide bonds. The molecule has 4 rings (SSSR count). The highest BCUT2D eigenvalue weighted by atomic mass is 32.2. The van der Waals surface area contributed by atoms with E-state index in [1.54, 1.807) is 30.3 Å². The van der Waals surface area contributed by atoms with Crippen molar-refractivity contribution in [3.05, 3.63) is 88.6 Å². The van der Waals surface area contributed by atoms with E-state index in [-0.39, 0.29) is 17.1 Å². The van der Waals surface area contributed by atoms with Crippen molar-refractivity contribution < 1.29 is 14.0 Å². The molecule has 0 fully saturated rings. The minimum Gasteiger partial charge on any atom is -0.459 e. The molecule has 0 saturated heterocycles. The number of furan rings is 1. The Labute approximate surface area is 187 Å². The van der Waals surface area contributed by atoms with E-state index < -0.39 is 11.8 Å². The predicted octanol–water partition coefficient (Wildman–Crippen LogP) is 3.09. The van der Waals surface area contributed by atoms with Gasteiger partial charge in [-0.3, -0.25) is 29.8 Å². The smallest absolute Gasteiger partial charge is 0.305 e. The molecule has 2 aromatic carbocycles. The molecule has 0 radical (unpaired) electrons. The van der Waals surface area contributed by atoms with Crippen LogP contribution in [0.5, 0.6) is 0 Å². The summed E-state index contributed by atoms with van der Waals surface area (Å²) >= 11 is 1.10. The van der Waals surface area contributed by atoms with E-state index in [1.165, 1.54) is 16.9 Å². The van der Waals surface area contributed by atoms with E-state index in [4.69, 9.17) is 4.42 Å². The van der Waals surface area contributed by atoms with Gasteiger partial charge in [-0.2, -0.15) is 0 Å². The van der Waals surface area contributed by atoms with Crippen molar-refractivity contribution in [3.63, 3.8) is 0 Å². The second-order valence-electron chi connectivity index (χ2n) is 6.84. The average Bonchev–Trinajstić information content (AvgIpc) is 3.37. The number of thioether (sulfide) groups is 1. The summed E-state index contributed by atoms with van der Waals surface area (Å²) in [7, 11) is 0. The van der Waals surface area contributed by atoms with Crippen molar-refractivity contribution in [1.82, 2.24) is 20.4 Å². The molecule has 0 bridgehead atoms. The van der Waals surface area contributed by atoms with Gasteiger partial charge in [0.25, 0.3) is 5.56 Å². The van der Waals surface area contributed by atoms with Gasteiger partial charge in [0.15, 0.2) is 10.9 Å². The van der Waals surface area contributed by atoms with Crippen LogP contribution in [-0.2, 0) is 11.2 Å². The molecule has 0 aliphatic carbocycles. The molecule has 8 nitrogen and oxygen atoms in total. The lowest BCUT2D eigenvalue weighted by molar-refractivity contribution is -0.119. The van der Waals surface area contributed by atoms with Crippen LogP contribution in [-0.4, -0.2) is 27.1 Å². The molecule has 0 aliphatic rings. The Balaban J connectivity index is 1.57. The van der Waals surface area contributed by atoms with Crippen molar-refractivity contribution in [2.45, 2.75) is 18.5 Å². The zero-order chi connectivity index (χ0) is 22.5. The van der Waals surface area contributed by atoms with Crippen molar-refractivity contribution in [2.24, 2.45) is 0 Å². The van der Waals surface area contributed by atoms with Crippen LogP contribution >= 0.6 is 11.8 Å². The lowest BCUT2D eigenvalue weighted by atomic mass is 10.1. The standard InChI is InChI=1S/C23H20N4O4S/c1-2-15-9-11-16(12-10-15)27-22(30)17-6-3-4-7-18(17)24-23(27)32-14-20(28)25-26-21(29)19-8-5-13-31-19/h3-13H,2,14H2,1H3,(H,25,28)(H,26,29). The number of hydrogen-bond donors (Lipinski definition) is 2. The highest BCUT2D eigenvalue weighted by Crippen LogP contribution is 2.21. The Hall–Kier alpha value is -3.85. The number of aromatic nitrogens is 2. The van der Waals surface area contributed by atoms with Crippen LogP contribution in [0.3, 0.4) is 0 Å². The first-order valence-electron chi connectivity index (χ1n) is 9.93. The molecule has 2 heterocycles. The first-order chi connectivity index (χ1) is 15.6. The number of hydrogen-bond acceptors (Lipinski definition) is 6. The Morgan fingerprint density at radius 3 is 2.53 bits per heavy atom. The van der Waals surface area contributed by atoms with E-state index in [1.807, 2.05) is 24.3 Å². The molecule has 9 heteroatoms. The zero-order valence-electron chi connectivity index (χ0n) is 17.2. The molecule has 32 heavy (non-hydrogen) atoms. The number of aryl methyl sites for hydroxylation is 1. The van der Waals surface area contributed by atoms with Gasteiger partial charge >= 0.3 is 5.91 Å². The summed E-state index contributed by atoms with van der Waals surface area (Å²) in [4.78, 5) is 42.0. The second-order valence-corrected chi connectivity index (χ2v) is 7.78. The van der Waals surface area contributed by atoms with Gasteiger partial charge < -0.3 is 4.42 Å². The minimum absolute atomic E-state index is 0.0593. The van der Waals surface area contributed by atoms with Gasteiger partial charge in [0.2, 0.25) is 5.91 Å². The van der Waals surface area contributed by atoms with Crippen LogP contribution in [0, 0.1) is 0 Å². The molecular formula is C23H20N4O4S. The largest absolute Gasteiger partial charge is 0.459 e. The van der Waals surface area contributed by atoms with Crippen molar-refractivity contribution in [1.29, 1.82) is 0 Å².